The lowest BCUT2D eigenvalue weighted by Gasteiger charge is -2.41. The summed E-state index contributed by atoms with van der Waals surface area (Å²) in [6, 6.07) is 0. The van der Waals surface area contributed by atoms with E-state index in [-0.39, 0.29) is 23.0 Å². The summed E-state index contributed by atoms with van der Waals surface area (Å²) in [5.74, 6) is -0.477. The second-order valence-corrected chi connectivity index (χ2v) is 11.2. The van der Waals surface area contributed by atoms with Crippen molar-refractivity contribution in [3.05, 3.63) is 12.2 Å². The fourth-order valence-corrected chi connectivity index (χ4v) is 4.31. The van der Waals surface area contributed by atoms with Crippen LogP contribution in [0.3, 0.4) is 0 Å². The van der Waals surface area contributed by atoms with Crippen LogP contribution in [0.5, 0.6) is 0 Å². The van der Waals surface area contributed by atoms with E-state index in [4.69, 9.17) is 9.16 Å². The third-order valence-corrected chi connectivity index (χ3v) is 4.82. The Labute approximate surface area is 116 Å². The third kappa shape index (κ3) is 2.46. The van der Waals surface area contributed by atoms with Gasteiger partial charge in [-0.1, -0.05) is 22.0 Å². The summed E-state index contributed by atoms with van der Waals surface area (Å²) in [5, 5.41) is 0. The van der Waals surface area contributed by atoms with Gasteiger partial charge in [0.05, 0.1) is 4.83 Å². The highest BCUT2D eigenvalue weighted by Crippen LogP contribution is 2.40. The number of ether oxygens (including phenoxy) is 1. The topological polar surface area (TPSA) is 52.6 Å². The summed E-state index contributed by atoms with van der Waals surface area (Å²) >= 11 is 3.51. The number of alkyl halides is 1. The van der Waals surface area contributed by atoms with E-state index in [9.17, 15) is 9.59 Å². The van der Waals surface area contributed by atoms with Gasteiger partial charge in [0.1, 0.15) is 6.10 Å². The molecule has 0 radical (unpaired) electrons. The number of carbonyl (C=O) groups is 2. The standard InChI is InChI=1S/C12H17BrO4Si/c1-18(2,3)17-11-8(13)4-5-9(14)12(11)7-6-10(15)16-12/h4-5,8,11H,6-7H2,1-3H3/t8?,11-,12-/m1/s1. The van der Waals surface area contributed by atoms with E-state index in [1.165, 1.54) is 6.08 Å². The molecule has 1 spiro atoms. The second-order valence-electron chi connectivity index (χ2n) is 5.68. The maximum absolute atomic E-state index is 12.2. The summed E-state index contributed by atoms with van der Waals surface area (Å²) in [6.45, 7) is 6.17. The number of carbonyl (C=O) groups excluding carboxylic acids is 2. The molecule has 0 aromatic carbocycles. The number of rotatable bonds is 2. The van der Waals surface area contributed by atoms with E-state index in [0.29, 0.717) is 6.42 Å². The van der Waals surface area contributed by atoms with Crippen molar-refractivity contribution in [2.75, 3.05) is 0 Å². The first kappa shape index (κ1) is 14.0. The molecule has 6 heteroatoms. The summed E-state index contributed by atoms with van der Waals surface area (Å²) in [4.78, 5) is 23.5. The number of hydrogen-bond acceptors (Lipinski definition) is 4. The normalized spacial score (nSPS) is 36.2. The fourth-order valence-electron chi connectivity index (χ4n) is 2.33. The molecular weight excluding hydrogens is 316 g/mol. The maximum atomic E-state index is 12.2. The van der Waals surface area contributed by atoms with Crippen LogP contribution in [0.2, 0.25) is 19.6 Å². The van der Waals surface area contributed by atoms with Gasteiger partial charge in [-0.25, -0.2) is 0 Å². The minimum Gasteiger partial charge on any atom is -0.448 e. The molecule has 0 bridgehead atoms. The van der Waals surface area contributed by atoms with E-state index in [1.807, 2.05) is 0 Å². The van der Waals surface area contributed by atoms with Gasteiger partial charge in [0.25, 0.3) is 0 Å². The van der Waals surface area contributed by atoms with E-state index in [2.05, 4.69) is 35.6 Å². The zero-order chi connectivity index (χ0) is 13.6. The summed E-state index contributed by atoms with van der Waals surface area (Å²) in [5.41, 5.74) is -1.11. The van der Waals surface area contributed by atoms with Crippen molar-refractivity contribution < 1.29 is 18.8 Å². The zero-order valence-corrected chi connectivity index (χ0v) is 13.3. The van der Waals surface area contributed by atoms with Gasteiger partial charge in [-0.3, -0.25) is 9.59 Å². The smallest absolute Gasteiger partial charge is 0.307 e. The largest absolute Gasteiger partial charge is 0.448 e. The average molecular weight is 333 g/mol. The van der Waals surface area contributed by atoms with Gasteiger partial charge in [-0.15, -0.1) is 0 Å². The Kier molecular flexibility index (Phi) is 3.55. The van der Waals surface area contributed by atoms with Gasteiger partial charge < -0.3 is 9.16 Å². The number of halogens is 1. The molecule has 2 aliphatic rings. The summed E-state index contributed by atoms with van der Waals surface area (Å²) in [6.07, 6.45) is 3.53. The van der Waals surface area contributed by atoms with Gasteiger partial charge in [-0.05, 0) is 25.7 Å². The SMILES string of the molecule is C[Si](C)(C)O[C@@H]1C(Br)C=CC(=O)[C@]12CCC(=O)O2. The van der Waals surface area contributed by atoms with Crippen LogP contribution in [-0.4, -0.2) is 36.6 Å². The molecule has 0 aromatic rings. The lowest BCUT2D eigenvalue weighted by Crippen LogP contribution is -2.58. The van der Waals surface area contributed by atoms with Crippen LogP contribution in [0.15, 0.2) is 12.2 Å². The molecule has 1 unspecified atom stereocenters. The molecule has 0 aromatic heterocycles. The number of ketones is 1. The second kappa shape index (κ2) is 4.58. The lowest BCUT2D eigenvalue weighted by molar-refractivity contribution is -0.165. The van der Waals surface area contributed by atoms with Crippen LogP contribution in [0.25, 0.3) is 0 Å². The van der Waals surface area contributed by atoms with E-state index in [0.717, 1.165) is 0 Å². The molecule has 1 saturated heterocycles. The molecule has 3 atom stereocenters. The van der Waals surface area contributed by atoms with Crippen molar-refractivity contribution in [2.24, 2.45) is 0 Å². The van der Waals surface area contributed by atoms with Crippen LogP contribution >= 0.6 is 15.9 Å². The molecule has 1 aliphatic carbocycles. The molecule has 0 saturated carbocycles. The predicted molar refractivity (Wildman–Crippen MR) is 73.1 cm³/mol. The van der Waals surface area contributed by atoms with Crippen LogP contribution < -0.4 is 0 Å². The Bertz CT molecular complexity index is 415. The van der Waals surface area contributed by atoms with Crippen LogP contribution in [0, 0.1) is 0 Å². The average Bonchev–Trinajstić information content (AvgIpc) is 2.62. The predicted octanol–water partition coefficient (Wildman–Crippen LogP) is 2.18. The van der Waals surface area contributed by atoms with Gasteiger partial charge >= 0.3 is 5.97 Å². The lowest BCUT2D eigenvalue weighted by atomic mass is 9.83. The minimum absolute atomic E-state index is 0.104. The molecule has 18 heavy (non-hydrogen) atoms. The van der Waals surface area contributed by atoms with Crippen LogP contribution in [0.4, 0.5) is 0 Å². The van der Waals surface area contributed by atoms with Crippen LogP contribution in [-0.2, 0) is 18.8 Å². The maximum Gasteiger partial charge on any atom is 0.307 e. The Balaban J connectivity index is 2.35. The molecule has 0 N–H and O–H groups in total. The van der Waals surface area contributed by atoms with Crippen LogP contribution in [0.1, 0.15) is 12.8 Å². The fraction of sp³-hybridized carbons (Fsp3) is 0.667. The highest BCUT2D eigenvalue weighted by atomic mass is 79.9. The Morgan fingerprint density at radius 2 is 2.11 bits per heavy atom. The Hall–Kier alpha value is -0.463. The molecule has 0 amide bonds. The first-order chi connectivity index (χ1) is 8.24. The molecule has 2 rings (SSSR count). The molecule has 1 heterocycles. The van der Waals surface area contributed by atoms with Crippen molar-refractivity contribution in [3.63, 3.8) is 0 Å². The van der Waals surface area contributed by atoms with Gasteiger partial charge in [-0.2, -0.15) is 0 Å². The molecule has 1 aliphatic heterocycles. The van der Waals surface area contributed by atoms with Gasteiger partial charge in [0, 0.05) is 12.8 Å². The number of esters is 1. The van der Waals surface area contributed by atoms with E-state index < -0.39 is 20.0 Å². The zero-order valence-electron chi connectivity index (χ0n) is 10.7. The summed E-state index contributed by atoms with van der Waals surface area (Å²) in [7, 11) is -1.84. The molecule has 4 nitrogen and oxygen atoms in total. The highest BCUT2D eigenvalue weighted by Gasteiger charge is 2.57. The van der Waals surface area contributed by atoms with Crippen molar-refractivity contribution in [1.29, 1.82) is 0 Å². The number of hydrogen-bond donors (Lipinski definition) is 0. The highest BCUT2D eigenvalue weighted by molar-refractivity contribution is 9.09. The van der Waals surface area contributed by atoms with Crippen molar-refractivity contribution in [1.82, 2.24) is 0 Å². The monoisotopic (exact) mass is 332 g/mol. The van der Waals surface area contributed by atoms with Gasteiger partial charge in [0.15, 0.2) is 8.32 Å². The first-order valence-electron chi connectivity index (χ1n) is 6.01. The quantitative estimate of drug-likeness (QED) is 0.442. The Morgan fingerprint density at radius 1 is 1.44 bits per heavy atom. The van der Waals surface area contributed by atoms with Crippen molar-refractivity contribution in [3.8, 4) is 0 Å². The van der Waals surface area contributed by atoms with Crippen molar-refractivity contribution >= 4 is 36.0 Å². The van der Waals surface area contributed by atoms with E-state index in [1.54, 1.807) is 6.08 Å². The molecular formula is C12H17BrO4Si. The third-order valence-electron chi connectivity index (χ3n) is 3.07. The molecule has 100 valence electrons. The minimum atomic E-state index is -1.84. The van der Waals surface area contributed by atoms with Crippen molar-refractivity contribution in [2.45, 2.75) is 49.0 Å². The Morgan fingerprint density at radius 3 is 2.61 bits per heavy atom. The summed E-state index contributed by atoms with van der Waals surface area (Å²) < 4.78 is 11.4. The molecule has 1 fully saturated rings. The van der Waals surface area contributed by atoms with E-state index >= 15 is 0 Å². The van der Waals surface area contributed by atoms with Gasteiger partial charge in [0.2, 0.25) is 11.4 Å². The first-order valence-corrected chi connectivity index (χ1v) is 10.3.